The third-order valence-electron chi connectivity index (χ3n) is 6.79. The molecule has 2 aromatic carbocycles. The van der Waals surface area contributed by atoms with Crippen molar-refractivity contribution in [1.82, 2.24) is 20.2 Å². The summed E-state index contributed by atoms with van der Waals surface area (Å²) in [4.78, 5) is 4.05. The molecular weight excluding hydrogens is 372 g/mol. The molecule has 3 aromatic rings. The van der Waals surface area contributed by atoms with Gasteiger partial charge in [0.15, 0.2) is 6.04 Å². The molecule has 0 radical (unpaired) electrons. The van der Waals surface area contributed by atoms with Crippen LogP contribution >= 0.6 is 0 Å². The monoisotopic (exact) mass is 403 g/mol. The minimum Gasteiger partial charge on any atom is -0.360 e. The van der Waals surface area contributed by atoms with Gasteiger partial charge in [0, 0.05) is 11.3 Å². The largest absolute Gasteiger partial charge is 0.360 e. The number of rotatable bonds is 5. The van der Waals surface area contributed by atoms with E-state index in [1.165, 1.54) is 42.5 Å². The molecule has 1 N–H and O–H groups in total. The summed E-state index contributed by atoms with van der Waals surface area (Å²) < 4.78 is 2.15. The van der Waals surface area contributed by atoms with Crippen LogP contribution in [0.4, 0.5) is 5.69 Å². The first-order valence-corrected chi connectivity index (χ1v) is 11.3. The van der Waals surface area contributed by atoms with E-state index < -0.39 is 0 Å². The fourth-order valence-electron chi connectivity index (χ4n) is 5.11. The Balaban J connectivity index is 1.43. The van der Waals surface area contributed by atoms with Crippen molar-refractivity contribution in [1.29, 1.82) is 0 Å². The lowest BCUT2D eigenvalue weighted by molar-refractivity contribution is -0.927. The maximum Gasteiger partial charge on any atom is 0.214 e. The van der Waals surface area contributed by atoms with Crippen LogP contribution in [0, 0.1) is 6.92 Å². The lowest BCUT2D eigenvalue weighted by Gasteiger charge is -2.37. The summed E-state index contributed by atoms with van der Waals surface area (Å²) in [5.74, 6) is 1.04. The molecule has 0 unspecified atom stereocenters. The first-order valence-electron chi connectivity index (χ1n) is 11.3. The van der Waals surface area contributed by atoms with Crippen molar-refractivity contribution >= 4 is 5.69 Å². The highest BCUT2D eigenvalue weighted by Crippen LogP contribution is 2.31. The molecule has 30 heavy (non-hydrogen) atoms. The lowest BCUT2D eigenvalue weighted by Crippen LogP contribution is -3.15. The maximum absolute atomic E-state index is 4.58. The van der Waals surface area contributed by atoms with E-state index in [-0.39, 0.29) is 6.04 Å². The van der Waals surface area contributed by atoms with Crippen LogP contribution in [0.15, 0.2) is 54.6 Å². The van der Waals surface area contributed by atoms with Gasteiger partial charge in [0.25, 0.3) is 0 Å². The van der Waals surface area contributed by atoms with Crippen molar-refractivity contribution in [3.63, 3.8) is 0 Å². The predicted molar refractivity (Wildman–Crippen MR) is 118 cm³/mol. The van der Waals surface area contributed by atoms with Crippen LogP contribution in [0.25, 0.3) is 0 Å². The van der Waals surface area contributed by atoms with Crippen molar-refractivity contribution in [3.8, 4) is 0 Å². The van der Waals surface area contributed by atoms with Crippen LogP contribution in [-0.4, -0.2) is 46.4 Å². The molecule has 2 heterocycles. The summed E-state index contributed by atoms with van der Waals surface area (Å²) in [6.07, 6.45) is 4.94. The second-order valence-corrected chi connectivity index (χ2v) is 8.74. The molecule has 6 heteroatoms. The highest BCUT2D eigenvalue weighted by Gasteiger charge is 2.36. The smallest absolute Gasteiger partial charge is 0.214 e. The number of anilines is 1. The van der Waals surface area contributed by atoms with Crippen molar-refractivity contribution in [2.24, 2.45) is 0 Å². The number of tetrazole rings is 1. The highest BCUT2D eigenvalue weighted by molar-refractivity contribution is 5.46. The Hall–Kier alpha value is -2.73. The summed E-state index contributed by atoms with van der Waals surface area (Å²) in [5, 5.41) is 13.2. The molecule has 1 saturated carbocycles. The third-order valence-corrected chi connectivity index (χ3v) is 6.79. The van der Waals surface area contributed by atoms with Crippen molar-refractivity contribution in [3.05, 3.63) is 71.5 Å². The maximum atomic E-state index is 4.58. The molecule has 156 valence electrons. The van der Waals surface area contributed by atoms with Crippen LogP contribution in [0.1, 0.15) is 54.7 Å². The number of para-hydroxylation sites is 1. The van der Waals surface area contributed by atoms with Gasteiger partial charge in [0.2, 0.25) is 5.82 Å². The first kappa shape index (κ1) is 19.2. The van der Waals surface area contributed by atoms with E-state index in [1.807, 2.05) is 0 Å². The molecule has 1 aliphatic carbocycles. The summed E-state index contributed by atoms with van der Waals surface area (Å²) >= 11 is 0. The summed E-state index contributed by atoms with van der Waals surface area (Å²) in [6.45, 7) is 6.39. The van der Waals surface area contributed by atoms with Crippen LogP contribution in [0.2, 0.25) is 0 Å². The normalized spacial score (nSPS) is 19.3. The molecule has 6 nitrogen and oxygen atoms in total. The molecule has 2 fully saturated rings. The van der Waals surface area contributed by atoms with Gasteiger partial charge in [-0.1, -0.05) is 60.9 Å². The average Bonchev–Trinajstić information content (AvgIpc) is 3.48. The molecule has 1 aromatic heterocycles. The lowest BCUT2D eigenvalue weighted by atomic mass is 10.0. The van der Waals surface area contributed by atoms with Gasteiger partial charge in [-0.05, 0) is 42.3 Å². The van der Waals surface area contributed by atoms with E-state index in [4.69, 9.17) is 0 Å². The molecule has 5 rings (SSSR count). The molecular formula is C24H31N6+. The average molecular weight is 404 g/mol. The van der Waals surface area contributed by atoms with Crippen molar-refractivity contribution < 1.29 is 4.90 Å². The molecule has 0 spiro atoms. The Morgan fingerprint density at radius 2 is 1.63 bits per heavy atom. The zero-order valence-corrected chi connectivity index (χ0v) is 17.7. The quantitative estimate of drug-likeness (QED) is 0.712. The molecule has 1 aliphatic heterocycles. The fraction of sp³-hybridized carbons (Fsp3) is 0.458. The van der Waals surface area contributed by atoms with Crippen LogP contribution in [0.5, 0.6) is 0 Å². The number of aromatic nitrogens is 4. The number of benzene rings is 2. The fourth-order valence-corrected chi connectivity index (χ4v) is 5.11. The minimum atomic E-state index is 0.180. The van der Waals surface area contributed by atoms with E-state index >= 15 is 0 Å². The third kappa shape index (κ3) is 3.84. The van der Waals surface area contributed by atoms with Crippen LogP contribution < -0.4 is 9.80 Å². The number of nitrogens with one attached hydrogen (secondary N) is 1. The van der Waals surface area contributed by atoms with Gasteiger partial charge in [-0.2, -0.15) is 0 Å². The molecule has 1 saturated heterocycles. The van der Waals surface area contributed by atoms with Gasteiger partial charge >= 0.3 is 0 Å². The number of hydrogen-bond acceptors (Lipinski definition) is 4. The zero-order valence-electron chi connectivity index (χ0n) is 17.7. The van der Waals surface area contributed by atoms with Gasteiger partial charge in [-0.25, -0.2) is 4.68 Å². The van der Waals surface area contributed by atoms with Gasteiger partial charge in [-0.15, -0.1) is 5.10 Å². The number of aryl methyl sites for hydroxylation is 1. The van der Waals surface area contributed by atoms with Crippen molar-refractivity contribution in [2.75, 3.05) is 31.1 Å². The van der Waals surface area contributed by atoms with Crippen LogP contribution in [-0.2, 0) is 0 Å². The van der Waals surface area contributed by atoms with Gasteiger partial charge in [0.05, 0.1) is 32.2 Å². The Morgan fingerprint density at radius 3 is 2.33 bits per heavy atom. The Labute approximate surface area is 178 Å². The highest BCUT2D eigenvalue weighted by atomic mass is 15.6. The zero-order chi connectivity index (χ0) is 20.3. The number of hydrogen-bond donors (Lipinski definition) is 1. The minimum absolute atomic E-state index is 0.180. The molecule has 1 atom stereocenters. The number of nitrogens with zero attached hydrogens (tertiary/aromatic N) is 5. The SMILES string of the molecule is Cc1ccc([C@@H](c2nnnn2C2CCCC2)[NH+]2CCN(c3ccccc3)CC2)cc1. The van der Waals surface area contributed by atoms with E-state index in [1.54, 1.807) is 4.90 Å². The second kappa shape index (κ2) is 8.56. The standard InChI is InChI=1S/C24H30N6/c1-19-11-13-20(14-12-19)23(24-25-26-27-30(24)22-9-5-6-10-22)29-17-15-28(16-18-29)21-7-3-2-4-8-21/h2-4,7-8,11-14,22-23H,5-6,9-10,15-18H2,1H3/p+1/t23-/m0/s1. The van der Waals surface area contributed by atoms with E-state index in [0.29, 0.717) is 6.04 Å². The van der Waals surface area contributed by atoms with E-state index in [0.717, 1.165) is 32.0 Å². The predicted octanol–water partition coefficient (Wildman–Crippen LogP) is 2.59. The van der Waals surface area contributed by atoms with E-state index in [2.05, 4.69) is 86.6 Å². The Kier molecular flexibility index (Phi) is 5.49. The van der Waals surface area contributed by atoms with E-state index in [9.17, 15) is 0 Å². The summed E-state index contributed by atoms with van der Waals surface area (Å²) in [6, 6.07) is 20.4. The first-order chi connectivity index (χ1) is 14.8. The Bertz CT molecular complexity index is 937. The topological polar surface area (TPSA) is 51.3 Å². The molecule has 0 bridgehead atoms. The summed E-state index contributed by atoms with van der Waals surface area (Å²) in [7, 11) is 0. The number of piperazine rings is 1. The number of quaternary nitrogens is 1. The molecule has 2 aliphatic rings. The van der Waals surface area contributed by atoms with Crippen molar-refractivity contribution in [2.45, 2.75) is 44.7 Å². The second-order valence-electron chi connectivity index (χ2n) is 8.74. The van der Waals surface area contributed by atoms with Crippen LogP contribution in [0.3, 0.4) is 0 Å². The molecule has 0 amide bonds. The van der Waals surface area contributed by atoms with Gasteiger partial charge in [-0.3, -0.25) is 0 Å². The van der Waals surface area contributed by atoms with Gasteiger partial charge in [0.1, 0.15) is 0 Å². The van der Waals surface area contributed by atoms with Gasteiger partial charge < -0.3 is 9.80 Å². The Morgan fingerprint density at radius 1 is 0.933 bits per heavy atom. The summed E-state index contributed by atoms with van der Waals surface area (Å²) in [5.41, 5.74) is 3.92.